The Hall–Kier alpha value is -1.90. The zero-order chi connectivity index (χ0) is 19.1. The van der Waals surface area contributed by atoms with E-state index in [0.717, 1.165) is 19.1 Å². The van der Waals surface area contributed by atoms with Gasteiger partial charge < -0.3 is 10.8 Å². The number of carbonyl (C=O) groups excluding carboxylic acids is 1. The van der Waals surface area contributed by atoms with Gasteiger partial charge in [0.1, 0.15) is 5.69 Å². The number of benzene rings is 1. The average Bonchev–Trinajstić information content (AvgIpc) is 3.00. The molecule has 0 radical (unpaired) electrons. The van der Waals surface area contributed by atoms with Crippen LogP contribution in [0.2, 0.25) is 5.02 Å². The smallest absolute Gasteiger partial charge is 0.252 e. The molecule has 3 rings (SSSR count). The van der Waals surface area contributed by atoms with E-state index in [1.54, 1.807) is 16.9 Å². The van der Waals surface area contributed by atoms with E-state index in [1.165, 1.54) is 12.1 Å². The Morgan fingerprint density at radius 2 is 1.92 bits per heavy atom. The number of sulfone groups is 1. The van der Waals surface area contributed by atoms with E-state index < -0.39 is 15.7 Å². The number of aliphatic hydroxyl groups excluding tert-OH is 1. The van der Waals surface area contributed by atoms with E-state index in [-0.39, 0.29) is 27.6 Å². The van der Waals surface area contributed by atoms with Crippen molar-refractivity contribution in [2.24, 2.45) is 5.73 Å². The summed E-state index contributed by atoms with van der Waals surface area (Å²) in [5, 5.41) is 14.4. The molecular formula is C17H20ClN3O4S. The third-order valence-corrected chi connectivity index (χ3v) is 5.92. The van der Waals surface area contributed by atoms with Crippen LogP contribution >= 0.6 is 11.6 Å². The summed E-state index contributed by atoms with van der Waals surface area (Å²) < 4.78 is 25.4. The van der Waals surface area contributed by atoms with Crippen molar-refractivity contribution in [2.45, 2.75) is 42.7 Å². The second-order valence-corrected chi connectivity index (χ2v) is 9.10. The van der Waals surface area contributed by atoms with Crippen molar-refractivity contribution >= 4 is 27.3 Å². The molecule has 1 heterocycles. The lowest BCUT2D eigenvalue weighted by atomic mass is 9.93. The Morgan fingerprint density at radius 3 is 2.50 bits per heavy atom. The number of aliphatic hydroxyl groups is 1. The zero-order valence-corrected chi connectivity index (χ0v) is 15.8. The fraction of sp³-hybridized carbons (Fsp3) is 0.412. The maximum absolute atomic E-state index is 11.9. The van der Waals surface area contributed by atoms with Crippen LogP contribution in [0, 0.1) is 0 Å². The average molecular weight is 398 g/mol. The van der Waals surface area contributed by atoms with Gasteiger partial charge in [0.05, 0.1) is 22.6 Å². The van der Waals surface area contributed by atoms with Gasteiger partial charge in [-0.05, 0) is 43.9 Å². The zero-order valence-electron chi connectivity index (χ0n) is 14.2. The molecule has 1 aromatic carbocycles. The van der Waals surface area contributed by atoms with Gasteiger partial charge in [0.15, 0.2) is 9.84 Å². The lowest BCUT2D eigenvalue weighted by Gasteiger charge is -2.25. The van der Waals surface area contributed by atoms with Crippen LogP contribution in [0.1, 0.15) is 42.1 Å². The summed E-state index contributed by atoms with van der Waals surface area (Å²) in [7, 11) is -3.47. The number of nitrogens with zero attached hydrogens (tertiary/aromatic N) is 2. The maximum atomic E-state index is 11.9. The molecule has 7 nitrogen and oxygen atoms in total. The summed E-state index contributed by atoms with van der Waals surface area (Å²) in [5.41, 5.74) is 6.42. The molecule has 1 aromatic heterocycles. The number of primary amides is 1. The van der Waals surface area contributed by atoms with Crippen LogP contribution in [0.15, 0.2) is 29.3 Å². The van der Waals surface area contributed by atoms with Crippen molar-refractivity contribution in [1.82, 2.24) is 9.78 Å². The SMILES string of the molecule is CS(=O)(=O)c1cc(Cl)cc(-c2nn(C3CCC(O)CC3)cc2C(N)=O)c1. The van der Waals surface area contributed by atoms with Gasteiger partial charge in [-0.3, -0.25) is 9.48 Å². The fourth-order valence-electron chi connectivity index (χ4n) is 3.21. The Kier molecular flexibility index (Phi) is 5.09. The molecule has 0 spiro atoms. The predicted molar refractivity (Wildman–Crippen MR) is 97.8 cm³/mol. The molecule has 0 saturated heterocycles. The molecule has 140 valence electrons. The molecule has 1 aliphatic rings. The van der Waals surface area contributed by atoms with Crippen LogP contribution in [0.25, 0.3) is 11.3 Å². The molecule has 3 N–H and O–H groups in total. The highest BCUT2D eigenvalue weighted by Gasteiger charge is 2.25. The van der Waals surface area contributed by atoms with Crippen molar-refractivity contribution in [3.05, 3.63) is 35.0 Å². The Balaban J connectivity index is 2.07. The second kappa shape index (κ2) is 7.02. The molecule has 9 heteroatoms. The van der Waals surface area contributed by atoms with Crippen molar-refractivity contribution in [1.29, 1.82) is 0 Å². The van der Waals surface area contributed by atoms with Crippen LogP contribution in [0.4, 0.5) is 0 Å². The summed E-state index contributed by atoms with van der Waals surface area (Å²) in [4.78, 5) is 11.9. The Bertz CT molecular complexity index is 947. The first-order chi connectivity index (χ1) is 12.1. The van der Waals surface area contributed by atoms with E-state index in [1.807, 2.05) is 0 Å². The lowest BCUT2D eigenvalue weighted by molar-refractivity contribution is 0.0998. The first-order valence-corrected chi connectivity index (χ1v) is 10.5. The lowest BCUT2D eigenvalue weighted by Crippen LogP contribution is -2.21. The molecule has 1 saturated carbocycles. The molecule has 1 fully saturated rings. The molecule has 2 aromatic rings. The normalized spacial score (nSPS) is 20.9. The summed E-state index contributed by atoms with van der Waals surface area (Å²) >= 11 is 6.07. The summed E-state index contributed by atoms with van der Waals surface area (Å²) in [6.45, 7) is 0. The number of hydrogen-bond donors (Lipinski definition) is 2. The molecule has 0 unspecified atom stereocenters. The summed E-state index contributed by atoms with van der Waals surface area (Å²) in [6, 6.07) is 4.40. The van der Waals surface area contributed by atoms with Crippen molar-refractivity contribution in [2.75, 3.05) is 6.26 Å². The van der Waals surface area contributed by atoms with E-state index in [9.17, 15) is 18.3 Å². The third kappa shape index (κ3) is 3.92. The van der Waals surface area contributed by atoms with Crippen LogP contribution < -0.4 is 5.73 Å². The Morgan fingerprint density at radius 1 is 1.27 bits per heavy atom. The minimum absolute atomic E-state index is 0.0470. The van der Waals surface area contributed by atoms with Gasteiger partial charge in [-0.2, -0.15) is 5.10 Å². The number of rotatable bonds is 4. The van der Waals surface area contributed by atoms with Crippen molar-refractivity contribution < 1.29 is 18.3 Å². The molecule has 0 atom stereocenters. The minimum atomic E-state index is -3.47. The highest BCUT2D eigenvalue weighted by atomic mass is 35.5. The van der Waals surface area contributed by atoms with E-state index >= 15 is 0 Å². The topological polar surface area (TPSA) is 115 Å². The van der Waals surface area contributed by atoms with Gasteiger partial charge in [-0.25, -0.2) is 8.42 Å². The number of nitrogens with two attached hydrogens (primary N) is 1. The van der Waals surface area contributed by atoms with Gasteiger partial charge in [0.25, 0.3) is 5.91 Å². The second-order valence-electron chi connectivity index (χ2n) is 6.65. The molecule has 0 aliphatic heterocycles. The van der Waals surface area contributed by atoms with Crippen molar-refractivity contribution in [3.63, 3.8) is 0 Å². The number of aromatic nitrogens is 2. The Labute approximate surface area is 156 Å². The monoisotopic (exact) mass is 397 g/mol. The molecular weight excluding hydrogens is 378 g/mol. The quantitative estimate of drug-likeness (QED) is 0.820. The van der Waals surface area contributed by atoms with Crippen LogP contribution in [0.3, 0.4) is 0 Å². The number of hydrogen-bond acceptors (Lipinski definition) is 5. The fourth-order valence-corrected chi connectivity index (χ4v) is 4.19. The summed E-state index contributed by atoms with van der Waals surface area (Å²) in [5.74, 6) is -0.650. The predicted octanol–water partition coefficient (Wildman–Crippen LogP) is 2.18. The number of carbonyl (C=O) groups is 1. The first-order valence-electron chi connectivity index (χ1n) is 8.23. The van der Waals surface area contributed by atoms with Crippen LogP contribution in [-0.2, 0) is 9.84 Å². The number of amides is 1. The third-order valence-electron chi connectivity index (χ3n) is 4.61. The largest absolute Gasteiger partial charge is 0.393 e. The molecule has 1 aliphatic carbocycles. The summed E-state index contributed by atoms with van der Waals surface area (Å²) in [6.07, 6.45) is 5.18. The minimum Gasteiger partial charge on any atom is -0.393 e. The van der Waals surface area contributed by atoms with E-state index in [0.29, 0.717) is 24.1 Å². The highest BCUT2D eigenvalue weighted by molar-refractivity contribution is 7.90. The van der Waals surface area contributed by atoms with E-state index in [4.69, 9.17) is 17.3 Å². The number of halogens is 1. The van der Waals surface area contributed by atoms with Crippen LogP contribution in [-0.4, -0.2) is 41.6 Å². The molecule has 1 amide bonds. The van der Waals surface area contributed by atoms with Crippen LogP contribution in [0.5, 0.6) is 0 Å². The van der Waals surface area contributed by atoms with Gasteiger partial charge >= 0.3 is 0 Å². The van der Waals surface area contributed by atoms with Gasteiger partial charge in [-0.1, -0.05) is 11.6 Å². The first kappa shape index (κ1) is 18.9. The van der Waals surface area contributed by atoms with Gasteiger partial charge in [0, 0.05) is 23.0 Å². The highest BCUT2D eigenvalue weighted by Crippen LogP contribution is 2.32. The maximum Gasteiger partial charge on any atom is 0.252 e. The van der Waals surface area contributed by atoms with Gasteiger partial charge in [0.2, 0.25) is 0 Å². The van der Waals surface area contributed by atoms with Crippen molar-refractivity contribution in [3.8, 4) is 11.3 Å². The van der Waals surface area contributed by atoms with Gasteiger partial charge in [-0.15, -0.1) is 0 Å². The molecule has 26 heavy (non-hydrogen) atoms. The standard InChI is InChI=1S/C17H20ClN3O4S/c1-26(24,25)14-7-10(6-11(18)8-14)16-15(17(19)23)9-21(20-16)12-2-4-13(22)5-3-12/h6-9,12-13,22H,2-5H2,1H3,(H2,19,23). The van der Waals surface area contributed by atoms with E-state index in [2.05, 4.69) is 5.10 Å². The molecule has 0 bridgehead atoms.